The van der Waals surface area contributed by atoms with Crippen LogP contribution in [0.15, 0.2) is 58.3 Å². The minimum Gasteiger partial charge on any atom is -0.397 e. The molecule has 0 aromatic heterocycles. The number of carbonyl (C=O) groups excluding carboxylic acids is 1. The van der Waals surface area contributed by atoms with Crippen LogP contribution >= 0.6 is 23.4 Å². The van der Waals surface area contributed by atoms with Gasteiger partial charge in [0, 0.05) is 21.0 Å². The third-order valence-electron chi connectivity index (χ3n) is 2.96. The van der Waals surface area contributed by atoms with Crippen molar-refractivity contribution >= 4 is 34.8 Å². The van der Waals surface area contributed by atoms with Crippen LogP contribution in [0.3, 0.4) is 0 Å². The van der Waals surface area contributed by atoms with Crippen LogP contribution in [0.4, 0.5) is 0 Å². The zero-order chi connectivity index (χ0) is 13.4. The van der Waals surface area contributed by atoms with E-state index in [0.717, 1.165) is 4.90 Å². The van der Waals surface area contributed by atoms with E-state index in [0.29, 0.717) is 26.8 Å². The number of hydrogen-bond acceptors (Lipinski definition) is 3. The Morgan fingerprint density at radius 3 is 2.47 bits per heavy atom. The van der Waals surface area contributed by atoms with Crippen LogP contribution in [-0.2, 0) is 0 Å². The molecule has 1 heterocycles. The summed E-state index contributed by atoms with van der Waals surface area (Å²) >= 11 is 7.52. The van der Waals surface area contributed by atoms with Gasteiger partial charge in [0.2, 0.25) is 5.78 Å². The Morgan fingerprint density at radius 1 is 1.05 bits per heavy atom. The first-order chi connectivity index (χ1) is 9.18. The molecule has 2 nitrogen and oxygen atoms in total. The molecule has 0 spiro atoms. The first kappa shape index (κ1) is 12.3. The van der Waals surface area contributed by atoms with Crippen molar-refractivity contribution in [1.29, 1.82) is 0 Å². The summed E-state index contributed by atoms with van der Waals surface area (Å²) in [7, 11) is 0. The highest BCUT2D eigenvalue weighted by Crippen LogP contribution is 2.42. The SMILES string of the molecule is NC(=C1Sc2ccccc2C1=O)c1ccccc1Cl. The van der Waals surface area contributed by atoms with E-state index in [4.69, 9.17) is 17.3 Å². The lowest BCUT2D eigenvalue weighted by Gasteiger charge is -2.06. The fraction of sp³-hybridized carbons (Fsp3) is 0. The molecule has 0 radical (unpaired) electrons. The van der Waals surface area contributed by atoms with Crippen LogP contribution < -0.4 is 5.73 Å². The number of carbonyl (C=O) groups is 1. The summed E-state index contributed by atoms with van der Waals surface area (Å²) in [5.41, 5.74) is 7.97. The maximum atomic E-state index is 12.3. The minimum atomic E-state index is -0.0296. The Balaban J connectivity index is 2.12. The topological polar surface area (TPSA) is 43.1 Å². The van der Waals surface area contributed by atoms with Crippen LogP contribution in [0, 0.1) is 0 Å². The third-order valence-corrected chi connectivity index (χ3v) is 4.47. The zero-order valence-corrected chi connectivity index (χ0v) is 11.5. The summed E-state index contributed by atoms with van der Waals surface area (Å²) in [5.74, 6) is -0.0296. The molecule has 0 bridgehead atoms. The molecule has 0 aliphatic carbocycles. The maximum Gasteiger partial charge on any atom is 0.202 e. The number of Topliss-reactive ketones (excluding diaryl/α,β-unsaturated/α-hetero) is 1. The van der Waals surface area contributed by atoms with E-state index in [9.17, 15) is 4.79 Å². The number of ketones is 1. The second kappa shape index (κ2) is 4.76. The van der Waals surface area contributed by atoms with Gasteiger partial charge in [0.25, 0.3) is 0 Å². The highest BCUT2D eigenvalue weighted by molar-refractivity contribution is 8.05. The second-order valence-electron chi connectivity index (χ2n) is 4.15. The molecular weight excluding hydrogens is 278 g/mol. The van der Waals surface area contributed by atoms with Crippen molar-refractivity contribution < 1.29 is 4.79 Å². The van der Waals surface area contributed by atoms with E-state index >= 15 is 0 Å². The fourth-order valence-electron chi connectivity index (χ4n) is 2.00. The molecule has 1 aliphatic heterocycles. The summed E-state index contributed by atoms with van der Waals surface area (Å²) in [4.78, 5) is 13.8. The van der Waals surface area contributed by atoms with Crippen molar-refractivity contribution in [2.45, 2.75) is 4.90 Å². The van der Waals surface area contributed by atoms with Crippen LogP contribution in [0.2, 0.25) is 5.02 Å². The van der Waals surface area contributed by atoms with Gasteiger partial charge in [0.05, 0.1) is 10.6 Å². The summed E-state index contributed by atoms with van der Waals surface area (Å²) in [5, 5.41) is 0.553. The number of halogens is 1. The van der Waals surface area contributed by atoms with Crippen molar-refractivity contribution in [1.82, 2.24) is 0 Å². The van der Waals surface area contributed by atoms with Gasteiger partial charge in [-0.15, -0.1) is 0 Å². The number of thioether (sulfide) groups is 1. The molecule has 2 aromatic rings. The molecule has 2 aromatic carbocycles. The Bertz CT molecular complexity index is 709. The van der Waals surface area contributed by atoms with Crippen LogP contribution in [-0.4, -0.2) is 5.78 Å². The van der Waals surface area contributed by atoms with Crippen LogP contribution in [0.5, 0.6) is 0 Å². The molecule has 1 aliphatic rings. The molecule has 2 N–H and O–H groups in total. The monoisotopic (exact) mass is 287 g/mol. The van der Waals surface area contributed by atoms with E-state index < -0.39 is 0 Å². The van der Waals surface area contributed by atoms with E-state index in [1.165, 1.54) is 11.8 Å². The van der Waals surface area contributed by atoms with Crippen molar-refractivity contribution in [3.8, 4) is 0 Å². The van der Waals surface area contributed by atoms with Gasteiger partial charge in [0.15, 0.2) is 0 Å². The number of benzene rings is 2. The standard InChI is InChI=1S/C15H10ClNOS/c16-11-7-3-1-5-9(11)13(17)15-14(18)10-6-2-4-8-12(10)19-15/h1-8H,17H2. The summed E-state index contributed by atoms with van der Waals surface area (Å²) in [6.07, 6.45) is 0. The average Bonchev–Trinajstić information content (AvgIpc) is 2.77. The fourth-order valence-corrected chi connectivity index (χ4v) is 3.30. The van der Waals surface area contributed by atoms with Gasteiger partial charge in [-0.25, -0.2) is 0 Å². The van der Waals surface area contributed by atoms with Gasteiger partial charge < -0.3 is 5.73 Å². The molecule has 4 heteroatoms. The summed E-state index contributed by atoms with van der Waals surface area (Å²) < 4.78 is 0. The molecule has 94 valence electrons. The van der Waals surface area contributed by atoms with Gasteiger partial charge >= 0.3 is 0 Å². The summed E-state index contributed by atoms with van der Waals surface area (Å²) in [6.45, 7) is 0. The predicted molar refractivity (Wildman–Crippen MR) is 79.2 cm³/mol. The first-order valence-electron chi connectivity index (χ1n) is 5.74. The Hall–Kier alpha value is -1.71. The normalized spacial score (nSPS) is 16.4. The van der Waals surface area contributed by atoms with E-state index in [-0.39, 0.29) is 5.78 Å². The van der Waals surface area contributed by atoms with Crippen LogP contribution in [0.1, 0.15) is 15.9 Å². The number of fused-ring (bicyclic) bond motifs is 1. The molecular formula is C15H10ClNOS. The van der Waals surface area contributed by atoms with Gasteiger partial charge in [-0.3, -0.25) is 4.79 Å². The summed E-state index contributed by atoms with van der Waals surface area (Å²) in [6, 6.07) is 14.8. The average molecular weight is 288 g/mol. The van der Waals surface area contributed by atoms with Crippen molar-refractivity contribution in [3.63, 3.8) is 0 Å². The third kappa shape index (κ3) is 2.05. The molecule has 0 saturated carbocycles. The molecule has 0 atom stereocenters. The van der Waals surface area contributed by atoms with Gasteiger partial charge in [0.1, 0.15) is 0 Å². The Morgan fingerprint density at radius 2 is 1.74 bits per heavy atom. The Kier molecular flexibility index (Phi) is 3.09. The van der Waals surface area contributed by atoms with Gasteiger partial charge in [-0.05, 0) is 18.2 Å². The van der Waals surface area contributed by atoms with Crippen molar-refractivity contribution in [2.75, 3.05) is 0 Å². The smallest absolute Gasteiger partial charge is 0.202 e. The Labute approximate surface area is 120 Å². The van der Waals surface area contributed by atoms with E-state index in [1.54, 1.807) is 6.07 Å². The lowest BCUT2D eigenvalue weighted by atomic mass is 10.1. The van der Waals surface area contributed by atoms with Crippen molar-refractivity contribution in [2.24, 2.45) is 5.73 Å². The lowest BCUT2D eigenvalue weighted by Crippen LogP contribution is -2.05. The van der Waals surface area contributed by atoms with Crippen LogP contribution in [0.25, 0.3) is 5.70 Å². The number of nitrogens with two attached hydrogens (primary N) is 1. The quantitative estimate of drug-likeness (QED) is 0.808. The van der Waals surface area contributed by atoms with Gasteiger partial charge in [-0.2, -0.15) is 0 Å². The highest BCUT2D eigenvalue weighted by atomic mass is 35.5. The zero-order valence-electron chi connectivity index (χ0n) is 9.89. The highest BCUT2D eigenvalue weighted by Gasteiger charge is 2.28. The van der Waals surface area contributed by atoms with Gasteiger partial charge in [-0.1, -0.05) is 53.7 Å². The largest absolute Gasteiger partial charge is 0.397 e. The maximum absolute atomic E-state index is 12.3. The lowest BCUT2D eigenvalue weighted by molar-refractivity contribution is 0.104. The molecule has 3 rings (SSSR count). The molecule has 0 unspecified atom stereocenters. The number of hydrogen-bond donors (Lipinski definition) is 1. The number of allylic oxidation sites excluding steroid dienone is 1. The molecule has 0 saturated heterocycles. The van der Waals surface area contributed by atoms with E-state index in [1.807, 2.05) is 42.5 Å². The molecule has 19 heavy (non-hydrogen) atoms. The van der Waals surface area contributed by atoms with Crippen molar-refractivity contribution in [3.05, 3.63) is 69.6 Å². The minimum absolute atomic E-state index is 0.0296. The number of rotatable bonds is 1. The van der Waals surface area contributed by atoms with E-state index in [2.05, 4.69) is 0 Å². The second-order valence-corrected chi connectivity index (χ2v) is 5.61. The molecule has 0 fully saturated rings. The predicted octanol–water partition coefficient (Wildman–Crippen LogP) is 3.96. The first-order valence-corrected chi connectivity index (χ1v) is 6.94. The molecule has 0 amide bonds.